The van der Waals surface area contributed by atoms with Gasteiger partial charge in [-0.2, -0.15) is 0 Å². The summed E-state index contributed by atoms with van der Waals surface area (Å²) in [5.74, 6) is 0.985. The largest absolute Gasteiger partial charge is 0.326 e. The molecule has 2 rings (SSSR count). The average Bonchev–Trinajstić information content (AvgIpc) is 2.69. The Morgan fingerprint density at radius 2 is 2.19 bits per heavy atom. The second-order valence-corrected chi connectivity index (χ2v) is 4.10. The van der Waals surface area contributed by atoms with Gasteiger partial charge in [0.15, 0.2) is 5.65 Å². The summed E-state index contributed by atoms with van der Waals surface area (Å²) in [6.45, 7) is 1.46. The van der Waals surface area contributed by atoms with E-state index in [0.717, 1.165) is 30.0 Å². The van der Waals surface area contributed by atoms with Gasteiger partial charge in [0.1, 0.15) is 5.82 Å². The first-order valence-corrected chi connectivity index (χ1v) is 5.38. The van der Waals surface area contributed by atoms with Gasteiger partial charge in [0, 0.05) is 31.3 Å². The molecule has 0 aliphatic carbocycles. The highest BCUT2D eigenvalue weighted by atomic mass is 15.2. The number of aromatic nitrogens is 3. The Kier molecular flexibility index (Phi) is 3.17. The van der Waals surface area contributed by atoms with Crippen molar-refractivity contribution in [3.8, 4) is 0 Å². The number of fused-ring (bicyclic) bond motifs is 1. The third-order valence-electron chi connectivity index (χ3n) is 2.59. The number of hydrogen-bond acceptors (Lipinski definition) is 4. The van der Waals surface area contributed by atoms with Gasteiger partial charge < -0.3 is 10.6 Å². The normalized spacial score (nSPS) is 11.5. The smallest absolute Gasteiger partial charge is 0.165 e. The van der Waals surface area contributed by atoms with Crippen molar-refractivity contribution in [2.24, 2.45) is 5.73 Å². The Morgan fingerprint density at radius 3 is 2.88 bits per heavy atom. The zero-order valence-electron chi connectivity index (χ0n) is 9.72. The maximum absolute atomic E-state index is 5.66. The number of pyridine rings is 1. The summed E-state index contributed by atoms with van der Waals surface area (Å²) in [5.41, 5.74) is 7.57. The van der Waals surface area contributed by atoms with Gasteiger partial charge >= 0.3 is 0 Å². The van der Waals surface area contributed by atoms with Crippen LogP contribution in [0.5, 0.6) is 0 Å². The Balaban J connectivity index is 2.34. The summed E-state index contributed by atoms with van der Waals surface area (Å²) in [5, 5.41) is 8.39. The van der Waals surface area contributed by atoms with Crippen LogP contribution in [-0.4, -0.2) is 40.1 Å². The first kappa shape index (κ1) is 11.0. The molecule has 0 spiro atoms. The Labute approximate surface area is 94.9 Å². The predicted molar refractivity (Wildman–Crippen MR) is 63.1 cm³/mol. The lowest BCUT2D eigenvalue weighted by molar-refractivity contribution is 0.409. The first-order chi connectivity index (χ1) is 7.72. The van der Waals surface area contributed by atoms with E-state index in [1.165, 1.54) is 0 Å². The lowest BCUT2D eigenvalue weighted by Crippen LogP contribution is -2.16. The van der Waals surface area contributed by atoms with Crippen LogP contribution in [0.3, 0.4) is 0 Å². The van der Waals surface area contributed by atoms with E-state index in [1.54, 1.807) is 0 Å². The minimum Gasteiger partial charge on any atom is -0.326 e. The number of likely N-dealkylation sites (N-methyl/N-ethyl adjacent to an activating group) is 1. The summed E-state index contributed by atoms with van der Waals surface area (Å²) in [6.07, 6.45) is 2.88. The molecule has 5 nitrogen and oxygen atoms in total. The SMILES string of the molecule is CN(C)CCc1nnc2c(CN)cccn12. The molecule has 86 valence electrons. The van der Waals surface area contributed by atoms with E-state index in [2.05, 4.69) is 29.2 Å². The highest BCUT2D eigenvalue weighted by Gasteiger charge is 2.07. The number of hydrogen-bond donors (Lipinski definition) is 1. The van der Waals surface area contributed by atoms with E-state index in [-0.39, 0.29) is 0 Å². The Morgan fingerprint density at radius 1 is 1.38 bits per heavy atom. The number of nitrogens with two attached hydrogens (primary N) is 1. The van der Waals surface area contributed by atoms with Crippen LogP contribution in [-0.2, 0) is 13.0 Å². The quantitative estimate of drug-likeness (QED) is 0.803. The second-order valence-electron chi connectivity index (χ2n) is 4.10. The molecule has 0 saturated carbocycles. The zero-order valence-corrected chi connectivity index (χ0v) is 9.72. The molecule has 0 atom stereocenters. The molecule has 2 heterocycles. The molecule has 2 aromatic rings. The van der Waals surface area contributed by atoms with Crippen molar-refractivity contribution in [3.63, 3.8) is 0 Å². The van der Waals surface area contributed by atoms with E-state index >= 15 is 0 Å². The lowest BCUT2D eigenvalue weighted by atomic mass is 10.2. The molecule has 0 unspecified atom stereocenters. The summed E-state index contributed by atoms with van der Waals surface area (Å²) in [7, 11) is 4.10. The van der Waals surface area contributed by atoms with Gasteiger partial charge in [-0.15, -0.1) is 10.2 Å². The van der Waals surface area contributed by atoms with E-state index in [9.17, 15) is 0 Å². The van der Waals surface area contributed by atoms with Crippen LogP contribution in [0.1, 0.15) is 11.4 Å². The highest BCUT2D eigenvalue weighted by molar-refractivity contribution is 5.47. The molecule has 5 heteroatoms. The average molecular weight is 219 g/mol. The fourth-order valence-corrected chi connectivity index (χ4v) is 1.67. The van der Waals surface area contributed by atoms with Crippen LogP contribution in [0, 0.1) is 0 Å². The highest BCUT2D eigenvalue weighted by Crippen LogP contribution is 2.09. The molecule has 16 heavy (non-hydrogen) atoms. The van der Waals surface area contributed by atoms with Gasteiger partial charge in [-0.3, -0.25) is 4.40 Å². The number of nitrogens with zero attached hydrogens (tertiary/aromatic N) is 4. The molecular formula is C11H17N5. The fraction of sp³-hybridized carbons (Fsp3) is 0.455. The topological polar surface area (TPSA) is 59.5 Å². The van der Waals surface area contributed by atoms with E-state index in [4.69, 9.17) is 5.73 Å². The van der Waals surface area contributed by atoms with Gasteiger partial charge in [0.2, 0.25) is 0 Å². The molecular weight excluding hydrogens is 202 g/mol. The molecule has 0 aromatic carbocycles. The molecule has 0 aliphatic heterocycles. The summed E-state index contributed by atoms with van der Waals surface area (Å²) in [4.78, 5) is 2.13. The van der Waals surface area contributed by atoms with Crippen LogP contribution < -0.4 is 5.73 Å². The molecule has 0 fully saturated rings. The van der Waals surface area contributed by atoms with Crippen molar-refractivity contribution < 1.29 is 0 Å². The number of rotatable bonds is 4. The van der Waals surface area contributed by atoms with Crippen molar-refractivity contribution >= 4 is 5.65 Å². The third kappa shape index (κ3) is 2.05. The molecule has 0 amide bonds. The summed E-state index contributed by atoms with van der Waals surface area (Å²) >= 11 is 0. The molecule has 0 saturated heterocycles. The Hall–Kier alpha value is -1.46. The maximum atomic E-state index is 5.66. The van der Waals surface area contributed by atoms with Gasteiger partial charge in [0.25, 0.3) is 0 Å². The van der Waals surface area contributed by atoms with Crippen molar-refractivity contribution in [1.29, 1.82) is 0 Å². The van der Waals surface area contributed by atoms with E-state index in [0.29, 0.717) is 6.54 Å². The van der Waals surface area contributed by atoms with Gasteiger partial charge in [0.05, 0.1) is 0 Å². The molecule has 2 aromatic heterocycles. The lowest BCUT2D eigenvalue weighted by Gasteiger charge is -2.07. The van der Waals surface area contributed by atoms with Crippen molar-refractivity contribution in [2.45, 2.75) is 13.0 Å². The minimum absolute atomic E-state index is 0.496. The van der Waals surface area contributed by atoms with Gasteiger partial charge in [-0.05, 0) is 20.2 Å². The second kappa shape index (κ2) is 4.59. The van der Waals surface area contributed by atoms with E-state index in [1.807, 2.05) is 22.7 Å². The standard InChI is InChI=1S/C11H17N5/c1-15(2)7-5-10-13-14-11-9(8-12)4-3-6-16(10)11/h3-4,6H,5,7-8,12H2,1-2H3. The monoisotopic (exact) mass is 219 g/mol. The molecule has 0 aliphatic rings. The van der Waals surface area contributed by atoms with Crippen LogP contribution in [0.2, 0.25) is 0 Å². The first-order valence-electron chi connectivity index (χ1n) is 5.38. The minimum atomic E-state index is 0.496. The van der Waals surface area contributed by atoms with Gasteiger partial charge in [-0.25, -0.2) is 0 Å². The Bertz CT molecular complexity index is 474. The summed E-state index contributed by atoms with van der Waals surface area (Å²) in [6, 6.07) is 3.97. The van der Waals surface area contributed by atoms with Crippen LogP contribution in [0.15, 0.2) is 18.3 Å². The van der Waals surface area contributed by atoms with Crippen LogP contribution in [0.25, 0.3) is 5.65 Å². The molecule has 2 N–H and O–H groups in total. The predicted octanol–water partition coefficient (Wildman–Crippen LogP) is 0.292. The molecule has 0 radical (unpaired) electrons. The molecule has 0 bridgehead atoms. The van der Waals surface area contributed by atoms with Crippen molar-refractivity contribution in [2.75, 3.05) is 20.6 Å². The maximum Gasteiger partial charge on any atom is 0.165 e. The summed E-state index contributed by atoms with van der Waals surface area (Å²) < 4.78 is 2.02. The van der Waals surface area contributed by atoms with Crippen LogP contribution in [0.4, 0.5) is 0 Å². The van der Waals surface area contributed by atoms with Crippen LogP contribution >= 0.6 is 0 Å². The van der Waals surface area contributed by atoms with Gasteiger partial charge in [-0.1, -0.05) is 6.07 Å². The zero-order chi connectivity index (χ0) is 11.5. The van der Waals surface area contributed by atoms with E-state index < -0.39 is 0 Å². The fourth-order valence-electron chi connectivity index (χ4n) is 1.67. The van der Waals surface area contributed by atoms with Crippen molar-refractivity contribution in [3.05, 3.63) is 29.7 Å². The van der Waals surface area contributed by atoms with Crippen molar-refractivity contribution in [1.82, 2.24) is 19.5 Å². The third-order valence-corrected chi connectivity index (χ3v) is 2.59.